The molecule has 1 aliphatic rings. The summed E-state index contributed by atoms with van der Waals surface area (Å²) in [5, 5.41) is 10.8. The summed E-state index contributed by atoms with van der Waals surface area (Å²) in [4.78, 5) is 0. The number of hydrogen-bond acceptors (Lipinski definition) is 2. The van der Waals surface area contributed by atoms with Gasteiger partial charge in [0.05, 0.1) is 6.10 Å². The zero-order chi connectivity index (χ0) is 13.9. The Balaban J connectivity index is 2.15. The van der Waals surface area contributed by atoms with E-state index in [-0.39, 0.29) is 5.41 Å². The molecule has 3 N–H and O–H groups in total. The predicted octanol–water partition coefficient (Wildman–Crippen LogP) is 4.03. The molecular formula is C16H24BrNO. The Labute approximate surface area is 124 Å². The van der Waals surface area contributed by atoms with Gasteiger partial charge in [0.15, 0.2) is 0 Å². The highest BCUT2D eigenvalue weighted by Gasteiger charge is 2.40. The highest BCUT2D eigenvalue weighted by Crippen LogP contribution is 2.47. The molecule has 0 saturated heterocycles. The van der Waals surface area contributed by atoms with Gasteiger partial charge in [-0.15, -0.1) is 0 Å². The molecule has 2 nitrogen and oxygen atoms in total. The Morgan fingerprint density at radius 2 is 1.89 bits per heavy atom. The maximum Gasteiger partial charge on any atom is 0.0858 e. The van der Waals surface area contributed by atoms with Crippen LogP contribution in [-0.4, -0.2) is 11.7 Å². The lowest BCUT2D eigenvalue weighted by Crippen LogP contribution is -2.40. The van der Waals surface area contributed by atoms with Gasteiger partial charge in [0.25, 0.3) is 0 Å². The summed E-state index contributed by atoms with van der Waals surface area (Å²) in [6, 6.07) is 7.97. The van der Waals surface area contributed by atoms with Crippen molar-refractivity contribution in [3.05, 3.63) is 34.3 Å². The van der Waals surface area contributed by atoms with E-state index in [2.05, 4.69) is 22.9 Å². The van der Waals surface area contributed by atoms with Crippen LogP contribution < -0.4 is 5.73 Å². The van der Waals surface area contributed by atoms with Crippen LogP contribution in [0.3, 0.4) is 0 Å². The third kappa shape index (κ3) is 3.21. The van der Waals surface area contributed by atoms with Crippen LogP contribution in [0.4, 0.5) is 0 Å². The van der Waals surface area contributed by atoms with Crippen molar-refractivity contribution in [3.63, 3.8) is 0 Å². The van der Waals surface area contributed by atoms with Crippen LogP contribution in [0.5, 0.6) is 0 Å². The van der Waals surface area contributed by atoms with Crippen LogP contribution in [0.1, 0.15) is 50.7 Å². The maximum atomic E-state index is 10.8. The summed E-state index contributed by atoms with van der Waals surface area (Å²) in [5.74, 6) is 0.816. The van der Waals surface area contributed by atoms with Crippen molar-refractivity contribution in [2.75, 3.05) is 6.54 Å². The van der Waals surface area contributed by atoms with Crippen molar-refractivity contribution in [2.24, 2.45) is 17.1 Å². The maximum absolute atomic E-state index is 10.8. The Hall–Kier alpha value is -0.380. The monoisotopic (exact) mass is 325 g/mol. The number of aliphatic hydroxyl groups excluding tert-OH is 1. The minimum atomic E-state index is -0.441. The number of benzene rings is 1. The quantitative estimate of drug-likeness (QED) is 0.877. The molecule has 3 heteroatoms. The molecule has 106 valence electrons. The summed E-state index contributed by atoms with van der Waals surface area (Å²) in [6.07, 6.45) is 5.28. The second-order valence-corrected chi connectivity index (χ2v) is 6.79. The van der Waals surface area contributed by atoms with E-state index >= 15 is 0 Å². The van der Waals surface area contributed by atoms with E-state index in [1.54, 1.807) is 0 Å². The van der Waals surface area contributed by atoms with E-state index in [9.17, 15) is 5.11 Å². The van der Waals surface area contributed by atoms with Gasteiger partial charge in [-0.2, -0.15) is 0 Å². The van der Waals surface area contributed by atoms with Gasteiger partial charge in [0.2, 0.25) is 0 Å². The van der Waals surface area contributed by atoms with E-state index in [0.29, 0.717) is 6.54 Å². The molecule has 0 amide bonds. The van der Waals surface area contributed by atoms with E-state index < -0.39 is 6.10 Å². The first-order valence-electron chi connectivity index (χ1n) is 7.25. The number of aliphatic hydroxyl groups is 1. The normalized spacial score (nSPS) is 29.2. The van der Waals surface area contributed by atoms with Crippen molar-refractivity contribution in [2.45, 2.75) is 45.1 Å². The van der Waals surface area contributed by atoms with Gasteiger partial charge in [-0.3, -0.25) is 0 Å². The fourth-order valence-electron chi connectivity index (χ4n) is 3.25. The van der Waals surface area contributed by atoms with Crippen molar-refractivity contribution >= 4 is 15.9 Å². The standard InChI is InChI=1S/C16H24BrNO/c1-2-12-7-9-16(11-18,10-8-12)15(19)13-3-5-14(17)6-4-13/h3-6,12,15,19H,2,7-11,18H2,1H3. The van der Waals surface area contributed by atoms with E-state index in [0.717, 1.165) is 28.8 Å². The average molecular weight is 326 g/mol. The lowest BCUT2D eigenvalue weighted by Gasteiger charge is -2.43. The summed E-state index contributed by atoms with van der Waals surface area (Å²) in [5.41, 5.74) is 6.89. The van der Waals surface area contributed by atoms with Crippen LogP contribution in [0.25, 0.3) is 0 Å². The molecule has 1 aromatic carbocycles. The van der Waals surface area contributed by atoms with E-state index in [1.165, 1.54) is 19.3 Å². The Morgan fingerprint density at radius 3 is 2.37 bits per heavy atom. The first kappa shape index (κ1) is 15.0. The van der Waals surface area contributed by atoms with Gasteiger partial charge in [-0.25, -0.2) is 0 Å². The highest BCUT2D eigenvalue weighted by molar-refractivity contribution is 9.10. The zero-order valence-corrected chi connectivity index (χ0v) is 13.2. The molecular weight excluding hydrogens is 302 g/mol. The third-order valence-electron chi connectivity index (χ3n) is 4.85. The second kappa shape index (κ2) is 6.38. The fraction of sp³-hybridized carbons (Fsp3) is 0.625. The number of hydrogen-bond donors (Lipinski definition) is 2. The topological polar surface area (TPSA) is 46.2 Å². The van der Waals surface area contributed by atoms with Gasteiger partial charge in [-0.05, 0) is 49.3 Å². The minimum Gasteiger partial charge on any atom is -0.388 e. The largest absolute Gasteiger partial charge is 0.388 e. The van der Waals surface area contributed by atoms with Gasteiger partial charge in [0.1, 0.15) is 0 Å². The summed E-state index contributed by atoms with van der Waals surface area (Å²) < 4.78 is 1.04. The van der Waals surface area contributed by atoms with Crippen molar-refractivity contribution in [1.82, 2.24) is 0 Å². The smallest absolute Gasteiger partial charge is 0.0858 e. The Kier molecular flexibility index (Phi) is 5.04. The van der Waals surface area contributed by atoms with E-state index in [1.807, 2.05) is 24.3 Å². The average Bonchev–Trinajstić information content (AvgIpc) is 2.47. The lowest BCUT2D eigenvalue weighted by molar-refractivity contribution is -0.0103. The van der Waals surface area contributed by atoms with Gasteiger partial charge >= 0.3 is 0 Å². The summed E-state index contributed by atoms with van der Waals surface area (Å²) in [7, 11) is 0. The van der Waals surface area contributed by atoms with Crippen LogP contribution in [0.15, 0.2) is 28.7 Å². The molecule has 1 aromatic rings. The molecule has 1 fully saturated rings. The first-order chi connectivity index (χ1) is 9.11. The van der Waals surface area contributed by atoms with Crippen molar-refractivity contribution in [3.8, 4) is 0 Å². The molecule has 0 bridgehead atoms. The molecule has 2 rings (SSSR count). The number of rotatable bonds is 4. The molecule has 1 aliphatic carbocycles. The molecule has 1 saturated carbocycles. The molecule has 0 radical (unpaired) electrons. The first-order valence-corrected chi connectivity index (χ1v) is 8.04. The molecule has 1 unspecified atom stereocenters. The second-order valence-electron chi connectivity index (χ2n) is 5.87. The Bertz CT molecular complexity index is 396. The summed E-state index contributed by atoms with van der Waals surface area (Å²) >= 11 is 3.43. The third-order valence-corrected chi connectivity index (χ3v) is 5.38. The van der Waals surface area contributed by atoms with Crippen molar-refractivity contribution < 1.29 is 5.11 Å². The molecule has 0 aromatic heterocycles. The van der Waals surface area contributed by atoms with Crippen molar-refractivity contribution in [1.29, 1.82) is 0 Å². The summed E-state index contributed by atoms with van der Waals surface area (Å²) in [6.45, 7) is 2.83. The molecule has 19 heavy (non-hydrogen) atoms. The van der Waals surface area contributed by atoms with Crippen LogP contribution >= 0.6 is 15.9 Å². The lowest BCUT2D eigenvalue weighted by atomic mass is 9.65. The predicted molar refractivity (Wildman–Crippen MR) is 82.8 cm³/mol. The van der Waals surface area contributed by atoms with Gasteiger partial charge in [0, 0.05) is 16.4 Å². The molecule has 0 spiro atoms. The minimum absolute atomic E-state index is 0.125. The fourth-order valence-corrected chi connectivity index (χ4v) is 3.51. The van der Waals surface area contributed by atoms with Crippen LogP contribution in [-0.2, 0) is 0 Å². The molecule has 0 aliphatic heterocycles. The number of nitrogens with two attached hydrogens (primary N) is 1. The highest BCUT2D eigenvalue weighted by atomic mass is 79.9. The zero-order valence-electron chi connectivity index (χ0n) is 11.6. The Morgan fingerprint density at radius 1 is 1.32 bits per heavy atom. The number of halogens is 1. The van der Waals surface area contributed by atoms with Gasteiger partial charge in [-0.1, -0.05) is 41.4 Å². The molecule has 0 heterocycles. The molecule has 1 atom stereocenters. The van der Waals surface area contributed by atoms with E-state index in [4.69, 9.17) is 5.73 Å². The SMILES string of the molecule is CCC1CCC(CN)(C(O)c2ccc(Br)cc2)CC1. The van der Waals surface area contributed by atoms with Crippen LogP contribution in [0.2, 0.25) is 0 Å². The van der Waals surface area contributed by atoms with Gasteiger partial charge < -0.3 is 10.8 Å². The van der Waals surface area contributed by atoms with Crippen LogP contribution in [0, 0.1) is 11.3 Å².